The molecule has 0 radical (unpaired) electrons. The molecule has 0 aliphatic carbocycles. The summed E-state index contributed by atoms with van der Waals surface area (Å²) in [6, 6.07) is 8.04. The van der Waals surface area contributed by atoms with E-state index in [-0.39, 0.29) is 5.92 Å². The molecular weight excluding hydrogens is 240 g/mol. The SMILES string of the molecule is Cc1ccccc1C(=O)C1CC2CCCC(C1)S2. The Morgan fingerprint density at radius 3 is 2.50 bits per heavy atom. The first-order valence-corrected chi connectivity index (χ1v) is 7.93. The van der Waals surface area contributed by atoms with Crippen LogP contribution in [0.5, 0.6) is 0 Å². The summed E-state index contributed by atoms with van der Waals surface area (Å²) in [6.45, 7) is 2.05. The average Bonchev–Trinajstić information content (AvgIpc) is 2.38. The fourth-order valence-electron chi connectivity index (χ4n) is 3.34. The Morgan fingerprint density at radius 1 is 1.17 bits per heavy atom. The molecule has 0 saturated carbocycles. The molecule has 0 spiro atoms. The van der Waals surface area contributed by atoms with Crippen molar-refractivity contribution >= 4 is 17.5 Å². The smallest absolute Gasteiger partial charge is 0.166 e. The molecule has 0 N–H and O–H groups in total. The van der Waals surface area contributed by atoms with E-state index in [1.165, 1.54) is 19.3 Å². The monoisotopic (exact) mass is 260 g/mol. The van der Waals surface area contributed by atoms with Crippen molar-refractivity contribution in [1.82, 2.24) is 0 Å². The molecule has 96 valence electrons. The molecule has 1 aromatic rings. The van der Waals surface area contributed by atoms with Gasteiger partial charge in [-0.05, 0) is 38.2 Å². The van der Waals surface area contributed by atoms with Gasteiger partial charge in [0.15, 0.2) is 5.78 Å². The normalized spacial score (nSPS) is 31.1. The Morgan fingerprint density at radius 2 is 1.83 bits per heavy atom. The molecule has 1 aromatic carbocycles. The van der Waals surface area contributed by atoms with Crippen molar-refractivity contribution in [3.8, 4) is 0 Å². The summed E-state index contributed by atoms with van der Waals surface area (Å²) in [4.78, 5) is 12.6. The van der Waals surface area contributed by atoms with Gasteiger partial charge in [-0.25, -0.2) is 0 Å². The highest BCUT2D eigenvalue weighted by molar-refractivity contribution is 8.00. The number of carbonyl (C=O) groups is 1. The van der Waals surface area contributed by atoms with Crippen LogP contribution in [0.25, 0.3) is 0 Å². The fourth-order valence-corrected chi connectivity index (χ4v) is 5.18. The second kappa shape index (κ2) is 5.08. The van der Waals surface area contributed by atoms with E-state index in [2.05, 4.69) is 11.8 Å². The summed E-state index contributed by atoms with van der Waals surface area (Å²) in [6.07, 6.45) is 6.22. The molecule has 2 aliphatic rings. The summed E-state index contributed by atoms with van der Waals surface area (Å²) in [5.41, 5.74) is 2.08. The Labute approximate surface area is 113 Å². The van der Waals surface area contributed by atoms with Gasteiger partial charge in [0.05, 0.1) is 0 Å². The Balaban J connectivity index is 1.79. The molecule has 0 amide bonds. The predicted octanol–water partition coefficient (Wildman–Crippen LogP) is 4.24. The van der Waals surface area contributed by atoms with Gasteiger partial charge < -0.3 is 0 Å². The molecule has 2 fully saturated rings. The van der Waals surface area contributed by atoms with Crippen LogP contribution in [-0.2, 0) is 0 Å². The van der Waals surface area contributed by atoms with Crippen molar-refractivity contribution in [3.05, 3.63) is 35.4 Å². The molecule has 18 heavy (non-hydrogen) atoms. The van der Waals surface area contributed by atoms with Gasteiger partial charge in [0.1, 0.15) is 0 Å². The first-order chi connectivity index (χ1) is 8.74. The minimum absolute atomic E-state index is 0.280. The third-order valence-corrected chi connectivity index (χ3v) is 5.94. The second-order valence-corrected chi connectivity index (χ2v) is 7.26. The molecule has 0 aromatic heterocycles. The highest BCUT2D eigenvalue weighted by Gasteiger charge is 2.36. The maximum absolute atomic E-state index is 12.6. The van der Waals surface area contributed by atoms with Crippen LogP contribution in [-0.4, -0.2) is 16.3 Å². The van der Waals surface area contributed by atoms with E-state index in [0.29, 0.717) is 5.78 Å². The highest BCUT2D eigenvalue weighted by atomic mass is 32.2. The van der Waals surface area contributed by atoms with Crippen LogP contribution in [0.4, 0.5) is 0 Å². The van der Waals surface area contributed by atoms with Crippen molar-refractivity contribution in [3.63, 3.8) is 0 Å². The zero-order valence-electron chi connectivity index (χ0n) is 10.9. The number of rotatable bonds is 2. The zero-order chi connectivity index (χ0) is 12.5. The van der Waals surface area contributed by atoms with E-state index in [1.54, 1.807) is 0 Å². The van der Waals surface area contributed by atoms with Crippen LogP contribution >= 0.6 is 11.8 Å². The molecule has 2 heteroatoms. The van der Waals surface area contributed by atoms with Gasteiger partial charge in [-0.15, -0.1) is 0 Å². The maximum atomic E-state index is 12.6. The fraction of sp³-hybridized carbons (Fsp3) is 0.562. The number of aryl methyl sites for hydroxylation is 1. The van der Waals surface area contributed by atoms with Crippen molar-refractivity contribution < 1.29 is 4.79 Å². The molecule has 2 aliphatic heterocycles. The van der Waals surface area contributed by atoms with Crippen molar-refractivity contribution in [2.75, 3.05) is 0 Å². The van der Waals surface area contributed by atoms with Crippen molar-refractivity contribution in [2.24, 2.45) is 5.92 Å². The quantitative estimate of drug-likeness (QED) is 0.740. The summed E-state index contributed by atoms with van der Waals surface area (Å²) < 4.78 is 0. The van der Waals surface area contributed by atoms with Crippen LogP contribution < -0.4 is 0 Å². The molecule has 2 unspecified atom stereocenters. The Kier molecular flexibility index (Phi) is 3.47. The van der Waals surface area contributed by atoms with Gasteiger partial charge in [0, 0.05) is 22.0 Å². The highest BCUT2D eigenvalue weighted by Crippen LogP contribution is 2.44. The zero-order valence-corrected chi connectivity index (χ0v) is 11.7. The molecule has 2 bridgehead atoms. The maximum Gasteiger partial charge on any atom is 0.166 e. The van der Waals surface area contributed by atoms with Gasteiger partial charge >= 0.3 is 0 Å². The first kappa shape index (κ1) is 12.3. The third kappa shape index (κ3) is 2.35. The number of ketones is 1. The van der Waals surface area contributed by atoms with Crippen LogP contribution in [0.2, 0.25) is 0 Å². The van der Waals surface area contributed by atoms with Crippen molar-refractivity contribution in [1.29, 1.82) is 0 Å². The number of hydrogen-bond donors (Lipinski definition) is 0. The Hall–Kier alpha value is -0.760. The van der Waals surface area contributed by atoms with Crippen LogP contribution in [0.3, 0.4) is 0 Å². The van der Waals surface area contributed by atoms with E-state index >= 15 is 0 Å². The summed E-state index contributed by atoms with van der Waals surface area (Å²) >= 11 is 2.14. The number of benzene rings is 1. The number of thioether (sulfide) groups is 1. The minimum atomic E-state index is 0.280. The molecule has 2 saturated heterocycles. The van der Waals surface area contributed by atoms with Gasteiger partial charge in [-0.3, -0.25) is 4.79 Å². The van der Waals surface area contributed by atoms with E-state index in [1.807, 2.05) is 31.2 Å². The van der Waals surface area contributed by atoms with Crippen LogP contribution in [0.15, 0.2) is 24.3 Å². The topological polar surface area (TPSA) is 17.1 Å². The summed E-state index contributed by atoms with van der Waals surface area (Å²) in [5, 5.41) is 1.49. The van der Waals surface area contributed by atoms with Gasteiger partial charge in [0.2, 0.25) is 0 Å². The molecule has 2 heterocycles. The number of Topliss-reactive ketones (excluding diaryl/α,β-unsaturated/α-hetero) is 1. The van der Waals surface area contributed by atoms with Gasteiger partial charge in [-0.2, -0.15) is 11.8 Å². The summed E-state index contributed by atoms with van der Waals surface area (Å²) in [5.74, 6) is 0.674. The van der Waals surface area contributed by atoms with Gasteiger partial charge in [0.25, 0.3) is 0 Å². The summed E-state index contributed by atoms with van der Waals surface area (Å²) in [7, 11) is 0. The lowest BCUT2D eigenvalue weighted by Crippen LogP contribution is -2.33. The van der Waals surface area contributed by atoms with E-state index < -0.39 is 0 Å². The molecular formula is C16H20OS. The van der Waals surface area contributed by atoms with E-state index in [0.717, 1.165) is 34.5 Å². The van der Waals surface area contributed by atoms with E-state index in [9.17, 15) is 4.79 Å². The third-order valence-electron chi connectivity index (χ3n) is 4.31. The number of carbonyl (C=O) groups excluding carboxylic acids is 1. The molecule has 1 nitrogen and oxygen atoms in total. The number of fused-ring (bicyclic) bond motifs is 2. The van der Waals surface area contributed by atoms with Crippen molar-refractivity contribution in [2.45, 2.75) is 49.5 Å². The largest absolute Gasteiger partial charge is 0.294 e. The molecule has 2 atom stereocenters. The van der Waals surface area contributed by atoms with Gasteiger partial charge in [-0.1, -0.05) is 30.7 Å². The first-order valence-electron chi connectivity index (χ1n) is 6.99. The lowest BCUT2D eigenvalue weighted by Gasteiger charge is -2.38. The molecule has 3 rings (SSSR count). The lowest BCUT2D eigenvalue weighted by atomic mass is 9.83. The standard InChI is InChI=1S/C16H20OS/c1-11-5-2-3-8-15(11)16(17)12-9-13-6-4-7-14(10-12)18-13/h2-3,5,8,12-14H,4,6-7,9-10H2,1H3. The van der Waals surface area contributed by atoms with E-state index in [4.69, 9.17) is 0 Å². The minimum Gasteiger partial charge on any atom is -0.294 e. The van der Waals surface area contributed by atoms with Crippen LogP contribution in [0, 0.1) is 12.8 Å². The predicted molar refractivity (Wildman–Crippen MR) is 77.3 cm³/mol. The van der Waals surface area contributed by atoms with Crippen LogP contribution in [0.1, 0.15) is 48.0 Å². The Bertz CT molecular complexity index is 442. The number of hydrogen-bond acceptors (Lipinski definition) is 2. The average molecular weight is 260 g/mol. The second-order valence-electron chi connectivity index (χ2n) is 5.66. The lowest BCUT2D eigenvalue weighted by molar-refractivity contribution is 0.0896.